The minimum absolute atomic E-state index is 0.197. The summed E-state index contributed by atoms with van der Waals surface area (Å²) >= 11 is 6.68. The summed E-state index contributed by atoms with van der Waals surface area (Å²) < 4.78 is 6.53. The summed E-state index contributed by atoms with van der Waals surface area (Å²) in [6.45, 7) is 3.97. The fourth-order valence-electron chi connectivity index (χ4n) is 1.67. The Hall–Kier alpha value is -1.07. The van der Waals surface area contributed by atoms with Crippen molar-refractivity contribution >= 4 is 43.5 Å². The molecule has 18 heavy (non-hydrogen) atoms. The summed E-state index contributed by atoms with van der Waals surface area (Å²) in [7, 11) is 0. The normalized spacial score (nSPS) is 10.4. The molecule has 1 heterocycles. The number of halogens is 2. The molecule has 0 aliphatic heterocycles. The third kappa shape index (κ3) is 2.67. The molecule has 5 heteroatoms. The van der Waals surface area contributed by atoms with Crippen LogP contribution in [0.2, 0.25) is 0 Å². The molecule has 1 amide bonds. The number of hydrogen-bond acceptors (Lipinski definition) is 2. The lowest BCUT2D eigenvalue weighted by atomic mass is 10.1. The third-order valence-electron chi connectivity index (χ3n) is 2.56. The topological polar surface area (TPSA) is 42.2 Å². The maximum atomic E-state index is 12.0. The molecule has 3 nitrogen and oxygen atoms in total. The first-order chi connectivity index (χ1) is 8.49. The lowest BCUT2D eigenvalue weighted by Crippen LogP contribution is -2.11. The van der Waals surface area contributed by atoms with E-state index in [9.17, 15) is 4.79 Å². The van der Waals surface area contributed by atoms with Crippen LogP contribution in [0.1, 0.15) is 21.5 Å². The van der Waals surface area contributed by atoms with E-state index in [-0.39, 0.29) is 5.91 Å². The first-order valence-corrected chi connectivity index (χ1v) is 6.88. The predicted octanol–water partition coefficient (Wildman–Crippen LogP) is 4.67. The van der Waals surface area contributed by atoms with Gasteiger partial charge in [-0.1, -0.05) is 15.9 Å². The summed E-state index contributed by atoms with van der Waals surface area (Å²) in [5, 5.41) is 2.84. The zero-order valence-electron chi connectivity index (χ0n) is 9.88. The summed E-state index contributed by atoms with van der Waals surface area (Å²) in [5.41, 5.74) is 3.41. The zero-order chi connectivity index (χ0) is 13.3. The van der Waals surface area contributed by atoms with Crippen LogP contribution in [0.3, 0.4) is 0 Å². The molecule has 0 saturated heterocycles. The number of furan rings is 1. The van der Waals surface area contributed by atoms with Gasteiger partial charge in [-0.3, -0.25) is 4.79 Å². The number of aryl methyl sites for hydroxylation is 2. The molecule has 2 rings (SSSR count). The highest BCUT2D eigenvalue weighted by Crippen LogP contribution is 2.26. The quantitative estimate of drug-likeness (QED) is 0.831. The van der Waals surface area contributed by atoms with Gasteiger partial charge < -0.3 is 9.73 Å². The van der Waals surface area contributed by atoms with E-state index < -0.39 is 0 Å². The largest absolute Gasteiger partial charge is 0.457 e. The molecule has 0 radical (unpaired) electrons. The van der Waals surface area contributed by atoms with Crippen LogP contribution in [0.15, 0.2) is 38.0 Å². The van der Waals surface area contributed by atoms with Gasteiger partial charge in [-0.2, -0.15) is 0 Å². The molecule has 0 aliphatic rings. The van der Waals surface area contributed by atoms with Crippen LogP contribution in [-0.2, 0) is 0 Å². The molecule has 1 aromatic heterocycles. The second-order valence-corrected chi connectivity index (χ2v) is 5.50. The second-order valence-electron chi connectivity index (χ2n) is 3.99. The van der Waals surface area contributed by atoms with Crippen LogP contribution in [0, 0.1) is 13.8 Å². The van der Waals surface area contributed by atoms with Crippen molar-refractivity contribution in [3.05, 3.63) is 50.3 Å². The number of carbonyl (C=O) groups excluding carboxylic acids is 1. The Balaban J connectivity index is 2.25. The van der Waals surface area contributed by atoms with Crippen molar-refractivity contribution in [1.29, 1.82) is 0 Å². The Bertz CT molecular complexity index is 582. The first kappa shape index (κ1) is 13.4. The van der Waals surface area contributed by atoms with Crippen LogP contribution in [-0.4, -0.2) is 5.91 Å². The van der Waals surface area contributed by atoms with Crippen molar-refractivity contribution in [1.82, 2.24) is 0 Å². The average Bonchev–Trinajstić information content (AvgIpc) is 2.72. The fraction of sp³-hybridized carbons (Fsp3) is 0.154. The summed E-state index contributed by atoms with van der Waals surface area (Å²) in [6.07, 6.45) is 1.47. The average molecular weight is 373 g/mol. The van der Waals surface area contributed by atoms with Crippen LogP contribution in [0.5, 0.6) is 0 Å². The highest BCUT2D eigenvalue weighted by atomic mass is 79.9. The van der Waals surface area contributed by atoms with E-state index in [2.05, 4.69) is 37.2 Å². The van der Waals surface area contributed by atoms with Gasteiger partial charge in [0.1, 0.15) is 0 Å². The first-order valence-electron chi connectivity index (χ1n) is 5.30. The Morgan fingerprint density at radius 3 is 2.33 bits per heavy atom. The summed E-state index contributed by atoms with van der Waals surface area (Å²) in [5.74, 6) is -0.197. The number of amides is 1. The SMILES string of the molecule is Cc1cc(NC(=O)c2ccoc2Br)cc(C)c1Br. The zero-order valence-corrected chi connectivity index (χ0v) is 13.1. The van der Waals surface area contributed by atoms with Crippen LogP contribution < -0.4 is 5.32 Å². The van der Waals surface area contributed by atoms with Gasteiger partial charge in [0, 0.05) is 10.2 Å². The number of rotatable bonds is 2. The molecule has 1 N–H and O–H groups in total. The Labute approximate surface area is 122 Å². The molecule has 0 aliphatic carbocycles. The van der Waals surface area contributed by atoms with Crippen molar-refractivity contribution in [2.75, 3.05) is 5.32 Å². The van der Waals surface area contributed by atoms with Crippen LogP contribution in [0.4, 0.5) is 5.69 Å². The molecule has 0 spiro atoms. The minimum Gasteiger partial charge on any atom is -0.457 e. The van der Waals surface area contributed by atoms with E-state index in [1.54, 1.807) is 6.07 Å². The number of anilines is 1. The van der Waals surface area contributed by atoms with Crippen molar-refractivity contribution in [3.63, 3.8) is 0 Å². The number of nitrogens with one attached hydrogen (secondary N) is 1. The lowest BCUT2D eigenvalue weighted by Gasteiger charge is -2.09. The van der Waals surface area contributed by atoms with Gasteiger partial charge in [-0.15, -0.1) is 0 Å². The molecular formula is C13H11Br2NO2. The maximum Gasteiger partial charge on any atom is 0.260 e. The van der Waals surface area contributed by atoms with E-state index in [0.717, 1.165) is 21.3 Å². The van der Waals surface area contributed by atoms with Gasteiger partial charge >= 0.3 is 0 Å². The van der Waals surface area contributed by atoms with Crippen LogP contribution >= 0.6 is 31.9 Å². The van der Waals surface area contributed by atoms with Crippen molar-refractivity contribution in [2.24, 2.45) is 0 Å². The molecule has 2 aromatic rings. The van der Waals surface area contributed by atoms with Gasteiger partial charge in [0.05, 0.1) is 11.8 Å². The minimum atomic E-state index is -0.197. The summed E-state index contributed by atoms with van der Waals surface area (Å²) in [4.78, 5) is 12.0. The highest BCUT2D eigenvalue weighted by molar-refractivity contribution is 9.10. The number of carbonyl (C=O) groups is 1. The smallest absolute Gasteiger partial charge is 0.260 e. The molecule has 94 valence electrons. The van der Waals surface area contributed by atoms with Crippen LogP contribution in [0.25, 0.3) is 0 Å². The van der Waals surface area contributed by atoms with Gasteiger partial charge in [0.25, 0.3) is 5.91 Å². The predicted molar refractivity (Wildman–Crippen MR) is 78.0 cm³/mol. The Morgan fingerprint density at radius 2 is 1.83 bits per heavy atom. The van der Waals surface area contributed by atoms with Gasteiger partial charge in [-0.25, -0.2) is 0 Å². The van der Waals surface area contributed by atoms with Crippen molar-refractivity contribution < 1.29 is 9.21 Å². The monoisotopic (exact) mass is 371 g/mol. The standard InChI is InChI=1S/C13H11Br2NO2/c1-7-5-9(6-8(2)11(7)14)16-13(17)10-3-4-18-12(10)15/h3-6H,1-2H3,(H,16,17). The second kappa shape index (κ2) is 5.28. The van der Waals surface area contributed by atoms with Gasteiger partial charge in [-0.05, 0) is 59.1 Å². The van der Waals surface area contributed by atoms with Gasteiger partial charge in [0.2, 0.25) is 0 Å². The van der Waals surface area contributed by atoms with Gasteiger partial charge in [0.15, 0.2) is 4.67 Å². The molecule has 0 fully saturated rings. The fourth-order valence-corrected chi connectivity index (χ4v) is 2.32. The van der Waals surface area contributed by atoms with E-state index in [1.165, 1.54) is 6.26 Å². The van der Waals surface area contributed by atoms with E-state index in [1.807, 2.05) is 26.0 Å². The Morgan fingerprint density at radius 1 is 1.22 bits per heavy atom. The molecule has 0 saturated carbocycles. The molecule has 0 atom stereocenters. The number of hydrogen-bond donors (Lipinski definition) is 1. The van der Waals surface area contributed by atoms with Crippen molar-refractivity contribution in [2.45, 2.75) is 13.8 Å². The third-order valence-corrected chi connectivity index (χ3v) is 4.42. The molecular weight excluding hydrogens is 362 g/mol. The summed E-state index contributed by atoms with van der Waals surface area (Å²) in [6, 6.07) is 5.46. The van der Waals surface area contributed by atoms with E-state index in [4.69, 9.17) is 4.42 Å². The molecule has 1 aromatic carbocycles. The maximum absolute atomic E-state index is 12.0. The Kier molecular flexibility index (Phi) is 3.92. The van der Waals surface area contributed by atoms with Crippen molar-refractivity contribution in [3.8, 4) is 0 Å². The lowest BCUT2D eigenvalue weighted by molar-refractivity contribution is 0.102. The van der Waals surface area contributed by atoms with E-state index >= 15 is 0 Å². The molecule has 0 unspecified atom stereocenters. The highest BCUT2D eigenvalue weighted by Gasteiger charge is 2.13. The number of benzene rings is 1. The molecule has 0 bridgehead atoms. The van der Waals surface area contributed by atoms with E-state index in [0.29, 0.717) is 10.2 Å².